The van der Waals surface area contributed by atoms with Gasteiger partial charge in [0.2, 0.25) is 0 Å². The first-order valence-corrected chi connectivity index (χ1v) is 8.60. The summed E-state index contributed by atoms with van der Waals surface area (Å²) in [6.45, 7) is 0.718. The Morgan fingerprint density at radius 3 is 2.43 bits per heavy atom. The Hall–Kier alpha value is -3.36. The molecule has 2 heterocycles. The maximum Gasteiger partial charge on any atom is 0.418 e. The van der Waals surface area contributed by atoms with E-state index < -0.39 is 17.8 Å². The quantitative estimate of drug-likeness (QED) is 0.737. The smallest absolute Gasteiger partial charge is 0.320 e. The van der Waals surface area contributed by atoms with Crippen LogP contribution in [-0.4, -0.2) is 38.8 Å². The molecule has 144 valence electrons. The second kappa shape index (κ2) is 6.99. The van der Waals surface area contributed by atoms with E-state index in [2.05, 4.69) is 15.5 Å². The first kappa shape index (κ1) is 18.0. The number of carbonyl (C=O) groups excluding carboxylic acids is 1. The molecular formula is C19H16F3N5O. The SMILES string of the molecule is O=C(Nc1ccccc1C(F)(F)F)N1CC(n2cnnc2-c2ccccc2)C1. The summed E-state index contributed by atoms with van der Waals surface area (Å²) in [4.78, 5) is 13.8. The summed E-state index contributed by atoms with van der Waals surface area (Å²) < 4.78 is 41.1. The first-order chi connectivity index (χ1) is 13.4. The number of hydrogen-bond donors (Lipinski definition) is 1. The minimum Gasteiger partial charge on any atom is -0.320 e. The van der Waals surface area contributed by atoms with Crippen molar-refractivity contribution in [3.05, 3.63) is 66.5 Å². The van der Waals surface area contributed by atoms with Gasteiger partial charge in [0, 0.05) is 18.7 Å². The van der Waals surface area contributed by atoms with Crippen LogP contribution in [0.1, 0.15) is 11.6 Å². The zero-order valence-electron chi connectivity index (χ0n) is 14.6. The number of hydrogen-bond acceptors (Lipinski definition) is 3. The lowest BCUT2D eigenvalue weighted by Gasteiger charge is -2.40. The minimum atomic E-state index is -4.53. The van der Waals surface area contributed by atoms with Crippen molar-refractivity contribution in [1.82, 2.24) is 19.7 Å². The fourth-order valence-corrected chi connectivity index (χ4v) is 3.13. The Morgan fingerprint density at radius 1 is 1.04 bits per heavy atom. The molecule has 1 N–H and O–H groups in total. The molecule has 0 aliphatic carbocycles. The van der Waals surface area contributed by atoms with Crippen molar-refractivity contribution in [2.75, 3.05) is 18.4 Å². The highest BCUT2D eigenvalue weighted by atomic mass is 19.4. The molecule has 1 aromatic heterocycles. The molecule has 2 aromatic carbocycles. The number of alkyl halides is 3. The molecule has 1 aliphatic rings. The van der Waals surface area contributed by atoms with Gasteiger partial charge in [-0.25, -0.2) is 4.79 Å². The van der Waals surface area contributed by atoms with Crippen LogP contribution in [0, 0.1) is 0 Å². The molecule has 0 atom stereocenters. The molecular weight excluding hydrogens is 371 g/mol. The fraction of sp³-hybridized carbons (Fsp3) is 0.211. The fourth-order valence-electron chi connectivity index (χ4n) is 3.13. The third-order valence-electron chi connectivity index (χ3n) is 4.62. The van der Waals surface area contributed by atoms with Crippen LogP contribution in [0.25, 0.3) is 11.4 Å². The summed E-state index contributed by atoms with van der Waals surface area (Å²) in [5.41, 5.74) is -0.217. The summed E-state index contributed by atoms with van der Waals surface area (Å²) in [7, 11) is 0. The molecule has 4 rings (SSSR count). The molecule has 1 fully saturated rings. The molecule has 1 aliphatic heterocycles. The van der Waals surface area contributed by atoms with Crippen molar-refractivity contribution in [2.45, 2.75) is 12.2 Å². The monoisotopic (exact) mass is 387 g/mol. The van der Waals surface area contributed by atoms with Gasteiger partial charge >= 0.3 is 12.2 Å². The zero-order valence-corrected chi connectivity index (χ0v) is 14.6. The highest BCUT2D eigenvalue weighted by Crippen LogP contribution is 2.35. The highest BCUT2D eigenvalue weighted by Gasteiger charge is 2.36. The van der Waals surface area contributed by atoms with Gasteiger partial charge in [-0.1, -0.05) is 42.5 Å². The van der Waals surface area contributed by atoms with Gasteiger partial charge in [-0.05, 0) is 12.1 Å². The molecule has 6 nitrogen and oxygen atoms in total. The zero-order chi connectivity index (χ0) is 19.7. The maximum absolute atomic E-state index is 13.1. The molecule has 0 radical (unpaired) electrons. The third kappa shape index (κ3) is 3.42. The van der Waals surface area contributed by atoms with E-state index in [1.54, 1.807) is 6.33 Å². The van der Waals surface area contributed by atoms with Crippen LogP contribution >= 0.6 is 0 Å². The van der Waals surface area contributed by atoms with Crippen molar-refractivity contribution >= 4 is 11.7 Å². The molecule has 0 spiro atoms. The second-order valence-corrected chi connectivity index (χ2v) is 6.46. The van der Waals surface area contributed by atoms with E-state index in [9.17, 15) is 18.0 Å². The van der Waals surface area contributed by atoms with Crippen LogP contribution in [0.5, 0.6) is 0 Å². The van der Waals surface area contributed by atoms with Crippen molar-refractivity contribution in [1.29, 1.82) is 0 Å². The number of nitrogens with one attached hydrogen (secondary N) is 1. The Balaban J connectivity index is 1.43. The average molecular weight is 387 g/mol. The Morgan fingerprint density at radius 2 is 1.71 bits per heavy atom. The molecule has 0 unspecified atom stereocenters. The van der Waals surface area contributed by atoms with Crippen molar-refractivity contribution in [3.63, 3.8) is 0 Å². The van der Waals surface area contributed by atoms with Gasteiger partial charge in [0.1, 0.15) is 6.33 Å². The van der Waals surface area contributed by atoms with E-state index >= 15 is 0 Å². The number of carbonyl (C=O) groups is 1. The van der Waals surface area contributed by atoms with Crippen molar-refractivity contribution < 1.29 is 18.0 Å². The maximum atomic E-state index is 13.1. The van der Waals surface area contributed by atoms with E-state index in [1.807, 2.05) is 34.9 Å². The van der Waals surface area contributed by atoms with Crippen LogP contribution in [0.3, 0.4) is 0 Å². The van der Waals surface area contributed by atoms with Crippen LogP contribution in [0.15, 0.2) is 60.9 Å². The number of aromatic nitrogens is 3. The van der Waals surface area contributed by atoms with Gasteiger partial charge in [0.15, 0.2) is 5.82 Å². The van der Waals surface area contributed by atoms with Gasteiger partial charge in [-0.2, -0.15) is 13.2 Å². The Kier molecular flexibility index (Phi) is 4.50. The standard InChI is InChI=1S/C19H16F3N5O/c20-19(21,22)15-8-4-5-9-16(15)24-18(28)26-10-14(11-26)27-12-23-25-17(27)13-6-2-1-3-7-13/h1-9,12,14H,10-11H2,(H,24,28). The lowest BCUT2D eigenvalue weighted by atomic mass is 10.1. The van der Waals surface area contributed by atoms with Gasteiger partial charge in [-0.15, -0.1) is 10.2 Å². The molecule has 1 saturated heterocycles. The number of likely N-dealkylation sites (tertiary alicyclic amines) is 1. The minimum absolute atomic E-state index is 0.0335. The lowest BCUT2D eigenvalue weighted by Crippen LogP contribution is -2.52. The number of benzene rings is 2. The summed E-state index contributed by atoms with van der Waals surface area (Å²) in [5.74, 6) is 0.688. The van der Waals surface area contributed by atoms with Crippen LogP contribution in [0.4, 0.5) is 23.7 Å². The molecule has 0 saturated carbocycles. The summed E-state index contributed by atoms with van der Waals surface area (Å²) in [6, 6.07) is 13.8. The van der Waals surface area contributed by atoms with Crippen molar-refractivity contribution in [2.24, 2.45) is 0 Å². The number of halogens is 3. The number of anilines is 1. The number of urea groups is 1. The molecule has 2 amide bonds. The molecule has 9 heteroatoms. The Bertz CT molecular complexity index is 980. The molecule has 28 heavy (non-hydrogen) atoms. The van der Waals surface area contributed by atoms with E-state index in [0.29, 0.717) is 18.9 Å². The average Bonchev–Trinajstić information content (AvgIpc) is 3.10. The van der Waals surface area contributed by atoms with Gasteiger partial charge in [0.25, 0.3) is 0 Å². The van der Waals surface area contributed by atoms with Gasteiger partial charge in [0.05, 0.1) is 17.3 Å². The number of amides is 2. The lowest BCUT2D eigenvalue weighted by molar-refractivity contribution is -0.136. The predicted octanol–water partition coefficient (Wildman–Crippen LogP) is 4.05. The highest BCUT2D eigenvalue weighted by molar-refractivity contribution is 5.90. The normalized spacial score (nSPS) is 14.6. The third-order valence-corrected chi connectivity index (χ3v) is 4.62. The number of nitrogens with zero attached hydrogens (tertiary/aromatic N) is 4. The Labute approximate surface area is 158 Å². The van der Waals surface area contributed by atoms with E-state index in [0.717, 1.165) is 11.6 Å². The second-order valence-electron chi connectivity index (χ2n) is 6.46. The summed E-state index contributed by atoms with van der Waals surface area (Å²) in [6.07, 6.45) is -2.93. The van der Waals surface area contributed by atoms with E-state index in [-0.39, 0.29) is 11.7 Å². The van der Waals surface area contributed by atoms with Crippen LogP contribution < -0.4 is 5.32 Å². The van der Waals surface area contributed by atoms with Crippen LogP contribution in [0.2, 0.25) is 0 Å². The first-order valence-electron chi connectivity index (χ1n) is 8.60. The largest absolute Gasteiger partial charge is 0.418 e. The van der Waals surface area contributed by atoms with Crippen molar-refractivity contribution in [3.8, 4) is 11.4 Å². The number of para-hydroxylation sites is 1. The van der Waals surface area contributed by atoms with Crippen LogP contribution in [-0.2, 0) is 6.18 Å². The molecule has 0 bridgehead atoms. The predicted molar refractivity (Wildman–Crippen MR) is 96.5 cm³/mol. The summed E-state index contributed by atoms with van der Waals surface area (Å²) >= 11 is 0. The number of rotatable bonds is 3. The van der Waals surface area contributed by atoms with Gasteiger partial charge < -0.3 is 14.8 Å². The van der Waals surface area contributed by atoms with E-state index in [1.165, 1.54) is 23.1 Å². The molecule has 3 aromatic rings. The topological polar surface area (TPSA) is 63.1 Å². The van der Waals surface area contributed by atoms with Gasteiger partial charge in [-0.3, -0.25) is 0 Å². The van der Waals surface area contributed by atoms with E-state index in [4.69, 9.17) is 0 Å². The summed E-state index contributed by atoms with van der Waals surface area (Å²) in [5, 5.41) is 10.4.